The third-order valence-electron chi connectivity index (χ3n) is 4.21. The highest BCUT2D eigenvalue weighted by Crippen LogP contribution is 2.27. The summed E-state index contributed by atoms with van der Waals surface area (Å²) in [6.45, 7) is 1.78. The first-order chi connectivity index (χ1) is 12.8. The Balaban J connectivity index is 2.18. The second-order valence-corrected chi connectivity index (χ2v) is 7.54. The molecule has 0 fully saturated rings. The highest BCUT2D eigenvalue weighted by Gasteiger charge is 2.20. The molecular formula is C18H17ClN4O3S. The Labute approximate surface area is 163 Å². The van der Waals surface area contributed by atoms with E-state index in [2.05, 4.69) is 4.98 Å². The maximum Gasteiger partial charge on any atom is 0.262 e. The van der Waals surface area contributed by atoms with Gasteiger partial charge < -0.3 is 11.5 Å². The molecule has 2 amide bonds. The van der Waals surface area contributed by atoms with Crippen molar-refractivity contribution >= 4 is 45.0 Å². The Morgan fingerprint density at radius 1 is 1.22 bits per heavy atom. The Hall–Kier alpha value is -2.71. The number of rotatable bonds is 6. The number of nitrogens with zero attached hydrogens (tertiary/aromatic N) is 2. The molecule has 0 bridgehead atoms. The predicted molar refractivity (Wildman–Crippen MR) is 105 cm³/mol. The van der Waals surface area contributed by atoms with Crippen molar-refractivity contribution in [3.8, 4) is 0 Å². The summed E-state index contributed by atoms with van der Waals surface area (Å²) in [6, 6.07) is 7.18. The van der Waals surface area contributed by atoms with Crippen LogP contribution in [-0.4, -0.2) is 21.4 Å². The van der Waals surface area contributed by atoms with Gasteiger partial charge in [0.25, 0.3) is 11.5 Å². The number of nitrogens with two attached hydrogens (primary N) is 2. The monoisotopic (exact) mass is 404 g/mol. The topological polar surface area (TPSA) is 121 Å². The third-order valence-corrected chi connectivity index (χ3v) is 5.66. The molecule has 0 unspecified atom stereocenters. The van der Waals surface area contributed by atoms with Crippen LogP contribution >= 0.6 is 22.9 Å². The minimum Gasteiger partial charge on any atom is -0.370 e. The fourth-order valence-corrected chi connectivity index (χ4v) is 4.03. The molecule has 4 N–H and O–H groups in total. The van der Waals surface area contributed by atoms with E-state index >= 15 is 0 Å². The van der Waals surface area contributed by atoms with Crippen LogP contribution in [0.3, 0.4) is 0 Å². The van der Waals surface area contributed by atoms with Crippen molar-refractivity contribution in [1.29, 1.82) is 0 Å². The summed E-state index contributed by atoms with van der Waals surface area (Å²) in [6.07, 6.45) is 0.372. The number of hydrogen-bond donors (Lipinski definition) is 2. The van der Waals surface area contributed by atoms with Crippen LogP contribution in [0.15, 0.2) is 29.1 Å². The minimum absolute atomic E-state index is 0.00652. The van der Waals surface area contributed by atoms with Crippen LogP contribution < -0.4 is 17.0 Å². The van der Waals surface area contributed by atoms with Gasteiger partial charge in [0, 0.05) is 24.4 Å². The predicted octanol–water partition coefficient (Wildman–Crippen LogP) is 1.98. The molecule has 0 atom stereocenters. The maximum absolute atomic E-state index is 13.1. The van der Waals surface area contributed by atoms with Gasteiger partial charge in [0.05, 0.1) is 10.3 Å². The molecular weight excluding hydrogens is 388 g/mol. The number of aromatic nitrogens is 2. The van der Waals surface area contributed by atoms with Crippen molar-refractivity contribution in [3.05, 3.63) is 61.5 Å². The normalized spacial score (nSPS) is 11.0. The van der Waals surface area contributed by atoms with Gasteiger partial charge in [0.15, 0.2) is 0 Å². The molecule has 7 nitrogen and oxygen atoms in total. The second-order valence-electron chi connectivity index (χ2n) is 6.10. The lowest BCUT2D eigenvalue weighted by molar-refractivity contribution is -0.118. The molecule has 0 saturated heterocycles. The number of benzene rings is 1. The van der Waals surface area contributed by atoms with Gasteiger partial charge in [-0.05, 0) is 30.2 Å². The highest BCUT2D eigenvalue weighted by molar-refractivity contribution is 7.20. The van der Waals surface area contributed by atoms with Crippen LogP contribution in [0.25, 0.3) is 10.2 Å². The molecule has 0 saturated carbocycles. The van der Waals surface area contributed by atoms with E-state index in [1.54, 1.807) is 19.1 Å². The van der Waals surface area contributed by atoms with E-state index in [0.717, 1.165) is 16.9 Å². The number of aryl methyl sites for hydroxylation is 1. The second kappa shape index (κ2) is 7.50. The van der Waals surface area contributed by atoms with E-state index in [4.69, 9.17) is 23.1 Å². The van der Waals surface area contributed by atoms with Gasteiger partial charge in [0.2, 0.25) is 5.91 Å². The quantitative estimate of drug-likeness (QED) is 0.652. The van der Waals surface area contributed by atoms with E-state index in [1.807, 2.05) is 12.1 Å². The first kappa shape index (κ1) is 19.1. The lowest BCUT2D eigenvalue weighted by Gasteiger charge is -2.12. The van der Waals surface area contributed by atoms with Crippen LogP contribution in [0.2, 0.25) is 5.02 Å². The minimum atomic E-state index is -0.599. The Bertz CT molecular complexity index is 1100. The van der Waals surface area contributed by atoms with E-state index < -0.39 is 11.8 Å². The van der Waals surface area contributed by atoms with Gasteiger partial charge in [-0.2, -0.15) is 0 Å². The SMILES string of the molecule is Cc1c(C(N)=O)sc2nc(Cc3ccc(Cl)cc3)n(CCC(N)=O)c(=O)c12. The zero-order valence-corrected chi connectivity index (χ0v) is 16.1. The number of thiophene rings is 1. The van der Waals surface area contributed by atoms with Crippen LogP contribution in [0.4, 0.5) is 0 Å². The molecule has 0 radical (unpaired) electrons. The summed E-state index contributed by atoms with van der Waals surface area (Å²) < 4.78 is 1.44. The zero-order chi connectivity index (χ0) is 19.7. The van der Waals surface area contributed by atoms with Crippen molar-refractivity contribution in [3.63, 3.8) is 0 Å². The average molecular weight is 405 g/mol. The molecule has 0 aliphatic heterocycles. The Morgan fingerprint density at radius 2 is 1.89 bits per heavy atom. The lowest BCUT2D eigenvalue weighted by Crippen LogP contribution is -2.28. The zero-order valence-electron chi connectivity index (χ0n) is 14.5. The molecule has 1 aromatic carbocycles. The van der Waals surface area contributed by atoms with E-state index in [0.29, 0.717) is 37.9 Å². The molecule has 2 heterocycles. The fraction of sp³-hybridized carbons (Fsp3) is 0.222. The van der Waals surface area contributed by atoms with Gasteiger partial charge in [-0.3, -0.25) is 19.0 Å². The Kier molecular flexibility index (Phi) is 5.29. The van der Waals surface area contributed by atoms with Crippen molar-refractivity contribution < 1.29 is 9.59 Å². The van der Waals surface area contributed by atoms with Crippen LogP contribution in [0.5, 0.6) is 0 Å². The Morgan fingerprint density at radius 3 is 2.48 bits per heavy atom. The molecule has 3 aromatic rings. The summed E-state index contributed by atoms with van der Waals surface area (Å²) >= 11 is 7.01. The molecule has 0 spiro atoms. The summed E-state index contributed by atoms with van der Waals surface area (Å²) in [5, 5.41) is 0.950. The largest absolute Gasteiger partial charge is 0.370 e. The van der Waals surface area contributed by atoms with Crippen molar-refractivity contribution in [2.75, 3.05) is 0 Å². The smallest absolute Gasteiger partial charge is 0.262 e. The first-order valence-electron chi connectivity index (χ1n) is 8.13. The van der Waals surface area contributed by atoms with Crippen molar-refractivity contribution in [2.24, 2.45) is 11.5 Å². The molecule has 2 aromatic heterocycles. The maximum atomic E-state index is 13.1. The summed E-state index contributed by atoms with van der Waals surface area (Å²) in [4.78, 5) is 41.3. The van der Waals surface area contributed by atoms with Crippen molar-refractivity contribution in [1.82, 2.24) is 9.55 Å². The van der Waals surface area contributed by atoms with Gasteiger partial charge in [-0.1, -0.05) is 23.7 Å². The molecule has 140 valence electrons. The number of fused-ring (bicyclic) bond motifs is 1. The van der Waals surface area contributed by atoms with Crippen LogP contribution in [-0.2, 0) is 17.8 Å². The number of primary amides is 2. The molecule has 0 aliphatic rings. The fourth-order valence-electron chi connectivity index (χ4n) is 2.87. The number of carbonyl (C=O) groups is 2. The third kappa shape index (κ3) is 3.86. The standard InChI is InChI=1S/C18H17ClN4O3S/c1-9-14-17(27-15(9)16(21)25)22-13(8-10-2-4-11(19)5-3-10)23(18(14)26)7-6-12(20)24/h2-5H,6-8H2,1H3,(H2,20,24)(H2,21,25). The van der Waals surface area contributed by atoms with E-state index in [-0.39, 0.29) is 18.5 Å². The average Bonchev–Trinajstić information content (AvgIpc) is 2.93. The summed E-state index contributed by atoms with van der Waals surface area (Å²) in [7, 11) is 0. The van der Waals surface area contributed by atoms with Gasteiger partial charge in [-0.15, -0.1) is 11.3 Å². The van der Waals surface area contributed by atoms with Crippen molar-refractivity contribution in [2.45, 2.75) is 26.3 Å². The number of hydrogen-bond acceptors (Lipinski definition) is 5. The van der Waals surface area contributed by atoms with E-state index in [9.17, 15) is 14.4 Å². The summed E-state index contributed by atoms with van der Waals surface area (Å²) in [5.41, 5.74) is 11.7. The number of amides is 2. The van der Waals surface area contributed by atoms with Crippen LogP contribution in [0, 0.1) is 6.92 Å². The van der Waals surface area contributed by atoms with E-state index in [1.165, 1.54) is 4.57 Å². The molecule has 0 aliphatic carbocycles. The van der Waals surface area contributed by atoms with Gasteiger partial charge >= 0.3 is 0 Å². The van der Waals surface area contributed by atoms with Crippen LogP contribution in [0.1, 0.15) is 33.0 Å². The van der Waals surface area contributed by atoms with Gasteiger partial charge in [-0.25, -0.2) is 4.98 Å². The molecule has 3 rings (SSSR count). The lowest BCUT2D eigenvalue weighted by atomic mass is 10.1. The number of halogens is 1. The first-order valence-corrected chi connectivity index (χ1v) is 9.32. The molecule has 27 heavy (non-hydrogen) atoms. The molecule has 9 heteroatoms. The van der Waals surface area contributed by atoms with Gasteiger partial charge in [0.1, 0.15) is 10.7 Å². The number of carbonyl (C=O) groups excluding carboxylic acids is 2. The summed E-state index contributed by atoms with van der Waals surface area (Å²) in [5.74, 6) is -0.634. The highest BCUT2D eigenvalue weighted by atomic mass is 35.5.